The van der Waals surface area contributed by atoms with E-state index in [-0.39, 0.29) is 5.97 Å². The molecular formula is C6H10O4. The van der Waals surface area contributed by atoms with Crippen LogP contribution in [0.15, 0.2) is 12.8 Å². The van der Waals surface area contributed by atoms with E-state index in [4.69, 9.17) is 9.90 Å². The molecule has 0 aromatic heterocycles. The molecule has 4 heteroatoms. The second-order valence-electron chi connectivity index (χ2n) is 1.30. The Labute approximate surface area is 59.1 Å². The quantitative estimate of drug-likeness (QED) is 0.438. The van der Waals surface area contributed by atoms with E-state index < -0.39 is 5.97 Å². The number of rotatable bonds is 1. The molecule has 1 N–H and O–H groups in total. The van der Waals surface area contributed by atoms with Crippen LogP contribution in [0.2, 0.25) is 0 Å². The van der Waals surface area contributed by atoms with Gasteiger partial charge in [-0.2, -0.15) is 0 Å². The molecule has 0 saturated carbocycles. The maximum atomic E-state index is 9.75. The van der Waals surface area contributed by atoms with Crippen molar-refractivity contribution in [1.29, 1.82) is 0 Å². The molecule has 0 aliphatic heterocycles. The first-order valence-electron chi connectivity index (χ1n) is 2.48. The number of ether oxygens (including phenoxy) is 1. The van der Waals surface area contributed by atoms with Crippen LogP contribution < -0.4 is 0 Å². The van der Waals surface area contributed by atoms with Crippen LogP contribution in [0.3, 0.4) is 0 Å². The molecule has 0 spiro atoms. The lowest BCUT2D eigenvalue weighted by Crippen LogP contribution is -1.87. The van der Waals surface area contributed by atoms with E-state index in [1.54, 1.807) is 0 Å². The van der Waals surface area contributed by atoms with Crippen LogP contribution in [0.1, 0.15) is 13.8 Å². The Morgan fingerprint density at radius 2 is 1.80 bits per heavy atom. The SMILES string of the molecule is C=COC(C)=O.CC(=O)O. The van der Waals surface area contributed by atoms with Crippen LogP contribution >= 0.6 is 0 Å². The normalized spacial score (nSPS) is 6.60. The van der Waals surface area contributed by atoms with Gasteiger partial charge in [-0.3, -0.25) is 9.59 Å². The van der Waals surface area contributed by atoms with E-state index in [0.29, 0.717) is 0 Å². The number of carboxylic acid groups (broad SMARTS) is 1. The molecule has 0 unspecified atom stereocenters. The first-order chi connectivity index (χ1) is 4.50. The first-order valence-corrected chi connectivity index (χ1v) is 2.48. The molecule has 0 radical (unpaired) electrons. The van der Waals surface area contributed by atoms with Crippen molar-refractivity contribution in [3.8, 4) is 0 Å². The van der Waals surface area contributed by atoms with Gasteiger partial charge in [-0.05, 0) is 0 Å². The van der Waals surface area contributed by atoms with Gasteiger partial charge in [0.15, 0.2) is 0 Å². The predicted octanol–water partition coefficient (Wildman–Crippen LogP) is 0.784. The molecule has 0 saturated heterocycles. The van der Waals surface area contributed by atoms with Crippen molar-refractivity contribution in [2.45, 2.75) is 13.8 Å². The van der Waals surface area contributed by atoms with Crippen LogP contribution in [0.5, 0.6) is 0 Å². The highest BCUT2D eigenvalue weighted by molar-refractivity contribution is 5.66. The van der Waals surface area contributed by atoms with E-state index in [1.165, 1.54) is 6.92 Å². The molecule has 0 rings (SSSR count). The van der Waals surface area contributed by atoms with Gasteiger partial charge in [0.25, 0.3) is 5.97 Å². The molecule has 0 bridgehead atoms. The molecule has 0 amide bonds. The van der Waals surface area contributed by atoms with Gasteiger partial charge in [0.2, 0.25) is 0 Å². The Morgan fingerprint density at radius 1 is 1.50 bits per heavy atom. The number of hydrogen-bond donors (Lipinski definition) is 1. The van der Waals surface area contributed by atoms with Crippen LogP contribution in [0.4, 0.5) is 0 Å². The summed E-state index contributed by atoms with van der Waals surface area (Å²) in [6.07, 6.45) is 1.10. The fourth-order valence-electron chi connectivity index (χ4n) is 0.117. The summed E-state index contributed by atoms with van der Waals surface area (Å²) in [7, 11) is 0. The van der Waals surface area contributed by atoms with Crippen molar-refractivity contribution >= 4 is 11.9 Å². The molecule has 0 aliphatic carbocycles. The zero-order valence-electron chi connectivity index (χ0n) is 5.96. The fraction of sp³-hybridized carbons (Fsp3) is 0.333. The van der Waals surface area contributed by atoms with Crippen LogP contribution in [0.25, 0.3) is 0 Å². The van der Waals surface area contributed by atoms with Crippen LogP contribution in [-0.4, -0.2) is 17.0 Å². The minimum Gasteiger partial charge on any atom is -0.481 e. The third-order valence-electron chi connectivity index (χ3n) is 0.249. The average molecular weight is 146 g/mol. The van der Waals surface area contributed by atoms with Crippen molar-refractivity contribution in [3.05, 3.63) is 12.8 Å². The average Bonchev–Trinajstić information content (AvgIpc) is 1.62. The summed E-state index contributed by atoms with van der Waals surface area (Å²) < 4.78 is 4.17. The zero-order chi connectivity index (χ0) is 8.57. The molecule has 58 valence electrons. The number of aliphatic carboxylic acids is 1. The molecule has 4 nitrogen and oxygen atoms in total. The Morgan fingerprint density at radius 3 is 1.80 bits per heavy atom. The number of carbonyl (C=O) groups is 2. The molecule has 0 aromatic rings. The maximum absolute atomic E-state index is 9.75. The van der Waals surface area contributed by atoms with E-state index in [1.807, 2.05) is 0 Å². The summed E-state index contributed by atoms with van der Waals surface area (Å²) in [6, 6.07) is 0. The van der Waals surface area contributed by atoms with Crippen molar-refractivity contribution in [2.75, 3.05) is 0 Å². The summed E-state index contributed by atoms with van der Waals surface area (Å²) in [5.41, 5.74) is 0. The Kier molecular flexibility index (Phi) is 8.81. The van der Waals surface area contributed by atoms with Crippen LogP contribution in [-0.2, 0) is 14.3 Å². The summed E-state index contributed by atoms with van der Waals surface area (Å²) in [6.45, 7) is 5.56. The summed E-state index contributed by atoms with van der Waals surface area (Å²) in [5, 5.41) is 7.42. The van der Waals surface area contributed by atoms with Gasteiger partial charge in [0.1, 0.15) is 0 Å². The smallest absolute Gasteiger partial charge is 0.307 e. The van der Waals surface area contributed by atoms with Gasteiger partial charge in [0, 0.05) is 13.8 Å². The highest BCUT2D eigenvalue weighted by Gasteiger charge is 1.79. The predicted molar refractivity (Wildman–Crippen MR) is 35.3 cm³/mol. The van der Waals surface area contributed by atoms with Crippen molar-refractivity contribution < 1.29 is 19.4 Å². The number of hydrogen-bond acceptors (Lipinski definition) is 3. The maximum Gasteiger partial charge on any atom is 0.307 e. The van der Waals surface area contributed by atoms with E-state index >= 15 is 0 Å². The van der Waals surface area contributed by atoms with Crippen molar-refractivity contribution in [1.82, 2.24) is 0 Å². The largest absolute Gasteiger partial charge is 0.481 e. The minimum atomic E-state index is -0.833. The Bertz CT molecular complexity index is 124. The molecule has 0 aromatic carbocycles. The monoisotopic (exact) mass is 146 g/mol. The second-order valence-corrected chi connectivity index (χ2v) is 1.30. The van der Waals surface area contributed by atoms with Crippen LogP contribution in [0, 0.1) is 0 Å². The lowest BCUT2D eigenvalue weighted by molar-refractivity contribution is -0.136. The van der Waals surface area contributed by atoms with E-state index in [2.05, 4.69) is 11.3 Å². The number of carbonyl (C=O) groups excluding carboxylic acids is 1. The molecule has 0 fully saturated rings. The summed E-state index contributed by atoms with van der Waals surface area (Å²) in [4.78, 5) is 18.8. The van der Waals surface area contributed by atoms with Gasteiger partial charge in [0.05, 0.1) is 6.26 Å². The highest BCUT2D eigenvalue weighted by Crippen LogP contribution is 1.70. The third-order valence-corrected chi connectivity index (χ3v) is 0.249. The van der Waals surface area contributed by atoms with E-state index in [0.717, 1.165) is 13.2 Å². The zero-order valence-corrected chi connectivity index (χ0v) is 5.96. The number of esters is 1. The second kappa shape index (κ2) is 7.68. The molecule has 0 aliphatic rings. The minimum absolute atomic E-state index is 0.329. The molecule has 0 heterocycles. The van der Waals surface area contributed by atoms with Gasteiger partial charge in [-0.1, -0.05) is 6.58 Å². The third kappa shape index (κ3) is 76.4. The summed E-state index contributed by atoms with van der Waals surface area (Å²) in [5.74, 6) is -1.16. The van der Waals surface area contributed by atoms with Gasteiger partial charge in [-0.15, -0.1) is 0 Å². The fourth-order valence-corrected chi connectivity index (χ4v) is 0.117. The van der Waals surface area contributed by atoms with Gasteiger partial charge < -0.3 is 9.84 Å². The van der Waals surface area contributed by atoms with Crippen molar-refractivity contribution in [3.63, 3.8) is 0 Å². The van der Waals surface area contributed by atoms with Gasteiger partial charge >= 0.3 is 5.97 Å². The summed E-state index contributed by atoms with van der Waals surface area (Å²) >= 11 is 0. The van der Waals surface area contributed by atoms with Crippen molar-refractivity contribution in [2.24, 2.45) is 0 Å². The van der Waals surface area contributed by atoms with Gasteiger partial charge in [-0.25, -0.2) is 0 Å². The van der Waals surface area contributed by atoms with E-state index in [9.17, 15) is 4.79 Å². The Balaban J connectivity index is 0. The highest BCUT2D eigenvalue weighted by atomic mass is 16.5. The number of carboxylic acids is 1. The molecule has 10 heavy (non-hydrogen) atoms. The first kappa shape index (κ1) is 11.5. The lowest BCUT2D eigenvalue weighted by Gasteiger charge is -1.83. The molecular weight excluding hydrogens is 136 g/mol. The molecule has 0 atom stereocenters. The lowest BCUT2D eigenvalue weighted by atomic mass is 10.8. The topological polar surface area (TPSA) is 63.6 Å². The standard InChI is InChI=1S/C4H6O2.C2H4O2/c1-3-6-4(2)5;1-2(3)4/h3H,1H2,2H3;1H3,(H,3,4). The Hall–Kier alpha value is -1.32.